The lowest BCUT2D eigenvalue weighted by Gasteiger charge is -2.32. The molecule has 3 nitrogen and oxygen atoms in total. The van der Waals surface area contributed by atoms with Crippen molar-refractivity contribution in [3.63, 3.8) is 0 Å². The van der Waals surface area contributed by atoms with Gasteiger partial charge in [-0.25, -0.2) is 0 Å². The lowest BCUT2D eigenvalue weighted by molar-refractivity contribution is 0.0621. The molecule has 1 aliphatic rings. The van der Waals surface area contributed by atoms with Crippen LogP contribution in [0.3, 0.4) is 0 Å². The van der Waals surface area contributed by atoms with E-state index in [2.05, 4.69) is 0 Å². The largest absolute Gasteiger partial charge is 0.396 e. The van der Waals surface area contributed by atoms with Gasteiger partial charge in [0.2, 0.25) is 0 Å². The number of aliphatic hydroxyl groups excluding tert-OH is 1. The highest BCUT2D eigenvalue weighted by molar-refractivity contribution is 6.34. The SMILES string of the molecule is Cc1cccc(C(=O)N2CCCC(CO)C2)c1Cl. The molecule has 0 radical (unpaired) electrons. The number of aliphatic hydroxyl groups is 1. The Morgan fingerprint density at radius 3 is 3.06 bits per heavy atom. The number of amides is 1. The monoisotopic (exact) mass is 267 g/mol. The van der Waals surface area contributed by atoms with Crippen molar-refractivity contribution in [2.75, 3.05) is 19.7 Å². The number of carbonyl (C=O) groups is 1. The highest BCUT2D eigenvalue weighted by Crippen LogP contribution is 2.24. The number of hydrogen-bond donors (Lipinski definition) is 1. The number of hydrogen-bond acceptors (Lipinski definition) is 2. The van der Waals surface area contributed by atoms with Crippen LogP contribution in [0.2, 0.25) is 5.02 Å². The molecule has 1 unspecified atom stereocenters. The van der Waals surface area contributed by atoms with E-state index >= 15 is 0 Å². The van der Waals surface area contributed by atoms with Crippen molar-refractivity contribution in [2.24, 2.45) is 5.92 Å². The fourth-order valence-electron chi connectivity index (χ4n) is 2.38. The van der Waals surface area contributed by atoms with Crippen LogP contribution < -0.4 is 0 Å². The maximum Gasteiger partial charge on any atom is 0.255 e. The summed E-state index contributed by atoms with van der Waals surface area (Å²) in [4.78, 5) is 14.2. The molecular formula is C14H18ClNO2. The summed E-state index contributed by atoms with van der Waals surface area (Å²) < 4.78 is 0. The molecule has 0 bridgehead atoms. The molecule has 0 spiro atoms. The molecule has 1 N–H and O–H groups in total. The Labute approximate surface area is 112 Å². The Morgan fingerprint density at radius 2 is 2.33 bits per heavy atom. The summed E-state index contributed by atoms with van der Waals surface area (Å²) in [7, 11) is 0. The number of nitrogens with zero attached hydrogens (tertiary/aromatic N) is 1. The Morgan fingerprint density at radius 1 is 1.56 bits per heavy atom. The van der Waals surface area contributed by atoms with Gasteiger partial charge >= 0.3 is 0 Å². The summed E-state index contributed by atoms with van der Waals surface area (Å²) in [5, 5.41) is 9.73. The van der Waals surface area contributed by atoms with Gasteiger partial charge in [-0.15, -0.1) is 0 Å². The minimum atomic E-state index is -0.0261. The predicted molar refractivity (Wildman–Crippen MR) is 71.9 cm³/mol. The maximum absolute atomic E-state index is 12.4. The van der Waals surface area contributed by atoms with Crippen molar-refractivity contribution in [3.8, 4) is 0 Å². The van der Waals surface area contributed by atoms with Gasteiger partial charge in [-0.05, 0) is 37.3 Å². The first-order valence-corrected chi connectivity index (χ1v) is 6.66. The predicted octanol–water partition coefficient (Wildman–Crippen LogP) is 2.49. The first kappa shape index (κ1) is 13.4. The van der Waals surface area contributed by atoms with Gasteiger partial charge in [0.15, 0.2) is 0 Å². The second-order valence-electron chi connectivity index (χ2n) is 4.88. The fraction of sp³-hybridized carbons (Fsp3) is 0.500. The molecule has 0 aromatic heterocycles. The number of carbonyl (C=O) groups excluding carboxylic acids is 1. The van der Waals surface area contributed by atoms with Crippen LogP contribution in [0.5, 0.6) is 0 Å². The lowest BCUT2D eigenvalue weighted by atomic mass is 9.98. The molecule has 0 saturated carbocycles. The molecule has 1 amide bonds. The molecule has 1 atom stereocenters. The average Bonchev–Trinajstić information content (AvgIpc) is 2.41. The molecule has 1 aromatic rings. The quantitative estimate of drug-likeness (QED) is 0.894. The number of aryl methyl sites for hydroxylation is 1. The third-order valence-corrected chi connectivity index (χ3v) is 3.99. The molecule has 18 heavy (non-hydrogen) atoms. The van der Waals surface area contributed by atoms with E-state index < -0.39 is 0 Å². The summed E-state index contributed by atoms with van der Waals surface area (Å²) in [6.07, 6.45) is 1.93. The number of halogens is 1. The number of rotatable bonds is 2. The van der Waals surface area contributed by atoms with Crippen molar-refractivity contribution in [3.05, 3.63) is 34.3 Å². The van der Waals surface area contributed by atoms with Crippen LogP contribution in [0.25, 0.3) is 0 Å². The van der Waals surface area contributed by atoms with Crippen LogP contribution in [0.15, 0.2) is 18.2 Å². The summed E-state index contributed by atoms with van der Waals surface area (Å²) in [5.41, 5.74) is 1.48. The number of likely N-dealkylation sites (tertiary alicyclic amines) is 1. The van der Waals surface area contributed by atoms with Crippen LogP contribution in [-0.2, 0) is 0 Å². The Balaban J connectivity index is 2.18. The molecule has 1 fully saturated rings. The smallest absolute Gasteiger partial charge is 0.255 e. The molecule has 4 heteroatoms. The van der Waals surface area contributed by atoms with Gasteiger partial charge in [0.1, 0.15) is 0 Å². The van der Waals surface area contributed by atoms with Gasteiger partial charge in [-0.2, -0.15) is 0 Å². The fourth-order valence-corrected chi connectivity index (χ4v) is 2.59. The van der Waals surface area contributed by atoms with Gasteiger partial charge < -0.3 is 10.0 Å². The van der Waals surface area contributed by atoms with Gasteiger partial charge in [0.05, 0.1) is 10.6 Å². The second kappa shape index (κ2) is 5.72. The zero-order chi connectivity index (χ0) is 13.1. The number of piperidine rings is 1. The van der Waals surface area contributed by atoms with Gasteiger partial charge in [-0.1, -0.05) is 23.7 Å². The maximum atomic E-state index is 12.4. The molecule has 2 rings (SSSR count). The normalized spacial score (nSPS) is 19.9. The third kappa shape index (κ3) is 2.68. The van der Waals surface area contributed by atoms with Gasteiger partial charge in [0.25, 0.3) is 5.91 Å². The van der Waals surface area contributed by atoms with E-state index in [1.54, 1.807) is 11.0 Å². The van der Waals surface area contributed by atoms with Crippen molar-refractivity contribution in [1.82, 2.24) is 4.90 Å². The first-order chi connectivity index (χ1) is 8.63. The molecular weight excluding hydrogens is 250 g/mol. The van der Waals surface area contributed by atoms with Crippen LogP contribution in [0.4, 0.5) is 0 Å². The summed E-state index contributed by atoms with van der Waals surface area (Å²) in [6, 6.07) is 5.51. The topological polar surface area (TPSA) is 40.5 Å². The first-order valence-electron chi connectivity index (χ1n) is 6.28. The molecule has 98 valence electrons. The highest BCUT2D eigenvalue weighted by Gasteiger charge is 2.25. The van der Waals surface area contributed by atoms with E-state index in [9.17, 15) is 9.90 Å². The van der Waals surface area contributed by atoms with E-state index in [1.165, 1.54) is 0 Å². The van der Waals surface area contributed by atoms with Crippen molar-refractivity contribution < 1.29 is 9.90 Å². The molecule has 1 heterocycles. The van der Waals surface area contributed by atoms with E-state index in [4.69, 9.17) is 11.6 Å². The molecule has 1 aromatic carbocycles. The van der Waals surface area contributed by atoms with Crippen LogP contribution in [0.1, 0.15) is 28.8 Å². The third-order valence-electron chi connectivity index (χ3n) is 3.49. The van der Waals surface area contributed by atoms with Crippen LogP contribution in [0, 0.1) is 12.8 Å². The average molecular weight is 268 g/mol. The zero-order valence-electron chi connectivity index (χ0n) is 10.5. The standard InChI is InChI=1S/C14H18ClNO2/c1-10-4-2-6-12(13(10)15)14(18)16-7-3-5-11(8-16)9-17/h2,4,6,11,17H,3,5,7-9H2,1H3. The highest BCUT2D eigenvalue weighted by atomic mass is 35.5. The summed E-state index contributed by atoms with van der Waals surface area (Å²) >= 11 is 6.18. The summed E-state index contributed by atoms with van der Waals surface area (Å²) in [6.45, 7) is 3.41. The molecule has 0 aliphatic carbocycles. The summed E-state index contributed by atoms with van der Waals surface area (Å²) in [5.74, 6) is 0.174. The van der Waals surface area contributed by atoms with E-state index in [-0.39, 0.29) is 18.4 Å². The van der Waals surface area contributed by atoms with Gasteiger partial charge in [0, 0.05) is 19.7 Å². The molecule has 1 aliphatic heterocycles. The van der Waals surface area contributed by atoms with Crippen molar-refractivity contribution >= 4 is 17.5 Å². The lowest BCUT2D eigenvalue weighted by Crippen LogP contribution is -2.41. The minimum absolute atomic E-state index is 0.0261. The van der Waals surface area contributed by atoms with Crippen LogP contribution >= 0.6 is 11.6 Å². The van der Waals surface area contributed by atoms with E-state index in [1.807, 2.05) is 19.1 Å². The van der Waals surface area contributed by atoms with Crippen LogP contribution in [-0.4, -0.2) is 35.6 Å². The van der Waals surface area contributed by atoms with Crippen molar-refractivity contribution in [2.45, 2.75) is 19.8 Å². The Kier molecular flexibility index (Phi) is 4.25. The Hall–Kier alpha value is -1.06. The second-order valence-corrected chi connectivity index (χ2v) is 5.26. The van der Waals surface area contributed by atoms with E-state index in [0.29, 0.717) is 17.1 Å². The number of benzene rings is 1. The van der Waals surface area contributed by atoms with Crippen molar-refractivity contribution in [1.29, 1.82) is 0 Å². The molecule has 1 saturated heterocycles. The zero-order valence-corrected chi connectivity index (χ0v) is 11.3. The van der Waals surface area contributed by atoms with Gasteiger partial charge in [-0.3, -0.25) is 4.79 Å². The minimum Gasteiger partial charge on any atom is -0.396 e. The Bertz CT molecular complexity index is 447. The van der Waals surface area contributed by atoms with E-state index in [0.717, 1.165) is 24.9 Å².